The minimum atomic E-state index is 0.212. The summed E-state index contributed by atoms with van der Waals surface area (Å²) < 4.78 is 6.18. The first kappa shape index (κ1) is 15.9. The molecule has 2 nitrogen and oxygen atoms in total. The molecule has 122 valence electrons. The van der Waals surface area contributed by atoms with E-state index in [-0.39, 0.29) is 5.54 Å². The zero-order valence-corrected chi connectivity index (χ0v) is 14.5. The van der Waals surface area contributed by atoms with E-state index in [1.165, 1.54) is 49.8 Å². The summed E-state index contributed by atoms with van der Waals surface area (Å²) in [6.45, 7) is 8.97. The summed E-state index contributed by atoms with van der Waals surface area (Å²) in [6.07, 6.45) is 8.34. The fourth-order valence-corrected chi connectivity index (χ4v) is 4.41. The number of hydrogen-bond donors (Lipinski definition) is 0. The minimum Gasteiger partial charge on any atom is -0.376 e. The summed E-state index contributed by atoms with van der Waals surface area (Å²) in [4.78, 5) is 2.57. The van der Waals surface area contributed by atoms with E-state index in [1.54, 1.807) is 0 Å². The third-order valence-electron chi connectivity index (χ3n) is 5.52. The van der Waals surface area contributed by atoms with Crippen LogP contribution in [0.2, 0.25) is 0 Å². The SMILES string of the molecule is CC1CC(C)(C)N(CCOC2CCCCC2)c2ccccc21. The van der Waals surface area contributed by atoms with Crippen molar-refractivity contribution in [2.45, 2.75) is 76.9 Å². The maximum Gasteiger partial charge on any atom is 0.0645 e. The van der Waals surface area contributed by atoms with Crippen molar-refractivity contribution in [3.05, 3.63) is 29.8 Å². The Morgan fingerprint density at radius 1 is 1.14 bits per heavy atom. The van der Waals surface area contributed by atoms with Gasteiger partial charge in [-0.25, -0.2) is 0 Å². The Bertz CT molecular complexity index is 490. The third-order valence-corrected chi connectivity index (χ3v) is 5.52. The number of nitrogens with zero attached hydrogens (tertiary/aromatic N) is 1. The smallest absolute Gasteiger partial charge is 0.0645 e. The fourth-order valence-electron chi connectivity index (χ4n) is 4.41. The van der Waals surface area contributed by atoms with Crippen LogP contribution in [0.25, 0.3) is 0 Å². The molecule has 1 heterocycles. The second kappa shape index (κ2) is 6.62. The van der Waals surface area contributed by atoms with E-state index in [4.69, 9.17) is 4.74 Å². The predicted octanol–water partition coefficient (Wildman–Crippen LogP) is 5.13. The van der Waals surface area contributed by atoms with E-state index in [1.807, 2.05) is 0 Å². The van der Waals surface area contributed by atoms with Gasteiger partial charge in [-0.05, 0) is 50.7 Å². The van der Waals surface area contributed by atoms with Crippen molar-refractivity contribution in [1.82, 2.24) is 0 Å². The summed E-state index contributed by atoms with van der Waals surface area (Å²) in [5, 5.41) is 0. The Morgan fingerprint density at radius 3 is 2.64 bits per heavy atom. The fraction of sp³-hybridized carbons (Fsp3) is 0.700. The summed E-state index contributed by atoms with van der Waals surface area (Å²) in [5.41, 5.74) is 3.13. The molecule has 1 fully saturated rings. The largest absolute Gasteiger partial charge is 0.376 e. The van der Waals surface area contributed by atoms with E-state index in [0.717, 1.165) is 13.2 Å². The normalized spacial score (nSPS) is 25.0. The highest BCUT2D eigenvalue weighted by atomic mass is 16.5. The van der Waals surface area contributed by atoms with Crippen LogP contribution >= 0.6 is 0 Å². The maximum atomic E-state index is 6.18. The highest BCUT2D eigenvalue weighted by molar-refractivity contribution is 5.59. The molecule has 0 spiro atoms. The Balaban J connectivity index is 1.67. The van der Waals surface area contributed by atoms with Crippen LogP contribution in [0.15, 0.2) is 24.3 Å². The van der Waals surface area contributed by atoms with Gasteiger partial charge in [0.1, 0.15) is 0 Å². The van der Waals surface area contributed by atoms with Gasteiger partial charge in [-0.1, -0.05) is 44.4 Å². The molecule has 0 bridgehead atoms. The molecule has 3 rings (SSSR count). The van der Waals surface area contributed by atoms with E-state index in [9.17, 15) is 0 Å². The molecular weight excluding hydrogens is 270 g/mol. The molecular formula is C20H31NO. The van der Waals surface area contributed by atoms with Crippen molar-refractivity contribution in [2.24, 2.45) is 0 Å². The first-order chi connectivity index (χ1) is 10.6. The molecule has 2 aliphatic rings. The lowest BCUT2D eigenvalue weighted by atomic mass is 9.80. The van der Waals surface area contributed by atoms with E-state index >= 15 is 0 Å². The summed E-state index contributed by atoms with van der Waals surface area (Å²) in [6, 6.07) is 8.92. The summed E-state index contributed by atoms with van der Waals surface area (Å²) in [7, 11) is 0. The zero-order chi connectivity index (χ0) is 15.6. The van der Waals surface area contributed by atoms with Crippen molar-refractivity contribution in [3.8, 4) is 0 Å². The van der Waals surface area contributed by atoms with Crippen LogP contribution in [-0.2, 0) is 4.74 Å². The van der Waals surface area contributed by atoms with Crippen molar-refractivity contribution < 1.29 is 4.74 Å². The monoisotopic (exact) mass is 301 g/mol. The van der Waals surface area contributed by atoms with Gasteiger partial charge in [0.05, 0.1) is 12.7 Å². The predicted molar refractivity (Wildman–Crippen MR) is 93.7 cm³/mol. The number of anilines is 1. The topological polar surface area (TPSA) is 12.5 Å². The number of hydrogen-bond acceptors (Lipinski definition) is 2. The van der Waals surface area contributed by atoms with Gasteiger partial charge in [0.25, 0.3) is 0 Å². The molecule has 2 heteroatoms. The minimum absolute atomic E-state index is 0.212. The number of benzene rings is 1. The van der Waals surface area contributed by atoms with E-state index < -0.39 is 0 Å². The highest BCUT2D eigenvalue weighted by Gasteiger charge is 2.35. The molecule has 1 aliphatic carbocycles. The average Bonchev–Trinajstić information content (AvgIpc) is 2.51. The molecule has 0 amide bonds. The number of para-hydroxylation sites is 1. The van der Waals surface area contributed by atoms with Crippen molar-refractivity contribution in [2.75, 3.05) is 18.1 Å². The van der Waals surface area contributed by atoms with Crippen molar-refractivity contribution in [1.29, 1.82) is 0 Å². The second-order valence-corrected chi connectivity index (χ2v) is 7.76. The Labute approximate surface area is 135 Å². The second-order valence-electron chi connectivity index (χ2n) is 7.76. The van der Waals surface area contributed by atoms with Crippen LogP contribution in [0.4, 0.5) is 5.69 Å². The standard InChI is InChI=1S/C20H31NO/c1-16-15-20(2,3)21(19-12-8-7-11-18(16)19)13-14-22-17-9-5-4-6-10-17/h7-8,11-12,16-17H,4-6,9-10,13-15H2,1-3H3. The Morgan fingerprint density at radius 2 is 1.86 bits per heavy atom. The molecule has 1 aromatic carbocycles. The van der Waals surface area contributed by atoms with Crippen LogP contribution < -0.4 is 4.90 Å². The van der Waals surface area contributed by atoms with Crippen LogP contribution in [-0.4, -0.2) is 24.8 Å². The molecule has 1 aliphatic heterocycles. The Hall–Kier alpha value is -1.02. The maximum absolute atomic E-state index is 6.18. The van der Waals surface area contributed by atoms with Gasteiger partial charge in [-0.15, -0.1) is 0 Å². The number of fused-ring (bicyclic) bond motifs is 1. The summed E-state index contributed by atoms with van der Waals surface area (Å²) in [5.74, 6) is 0.640. The van der Waals surface area contributed by atoms with Crippen LogP contribution in [0.1, 0.15) is 70.8 Å². The molecule has 1 saturated carbocycles. The molecule has 0 aromatic heterocycles. The molecule has 1 atom stereocenters. The quantitative estimate of drug-likeness (QED) is 0.764. The molecule has 0 N–H and O–H groups in total. The molecule has 0 radical (unpaired) electrons. The summed E-state index contributed by atoms with van der Waals surface area (Å²) >= 11 is 0. The van der Waals surface area contributed by atoms with Crippen LogP contribution in [0.3, 0.4) is 0 Å². The van der Waals surface area contributed by atoms with Gasteiger partial charge in [-0.2, -0.15) is 0 Å². The van der Waals surface area contributed by atoms with Gasteiger partial charge < -0.3 is 9.64 Å². The zero-order valence-electron chi connectivity index (χ0n) is 14.5. The van der Waals surface area contributed by atoms with Gasteiger partial charge >= 0.3 is 0 Å². The number of ether oxygens (including phenoxy) is 1. The van der Waals surface area contributed by atoms with E-state index in [0.29, 0.717) is 12.0 Å². The molecule has 1 aromatic rings. The lowest BCUT2D eigenvalue weighted by molar-refractivity contribution is 0.0308. The van der Waals surface area contributed by atoms with Crippen molar-refractivity contribution in [3.63, 3.8) is 0 Å². The Kier molecular flexibility index (Phi) is 4.77. The number of rotatable bonds is 4. The average molecular weight is 301 g/mol. The first-order valence-electron chi connectivity index (χ1n) is 9.06. The van der Waals surface area contributed by atoms with E-state index in [2.05, 4.69) is 49.9 Å². The lowest BCUT2D eigenvalue weighted by Crippen LogP contribution is -2.50. The van der Waals surface area contributed by atoms with Crippen molar-refractivity contribution >= 4 is 5.69 Å². The third kappa shape index (κ3) is 3.32. The molecule has 22 heavy (non-hydrogen) atoms. The van der Waals surface area contributed by atoms with Gasteiger partial charge in [-0.3, -0.25) is 0 Å². The first-order valence-corrected chi connectivity index (χ1v) is 9.06. The van der Waals surface area contributed by atoms with Crippen LogP contribution in [0, 0.1) is 0 Å². The van der Waals surface area contributed by atoms with Gasteiger partial charge in [0, 0.05) is 17.8 Å². The lowest BCUT2D eigenvalue weighted by Gasteiger charge is -2.47. The van der Waals surface area contributed by atoms with Crippen LogP contribution in [0.5, 0.6) is 0 Å². The molecule has 0 saturated heterocycles. The highest BCUT2D eigenvalue weighted by Crippen LogP contribution is 2.42. The van der Waals surface area contributed by atoms with Gasteiger partial charge in [0.15, 0.2) is 0 Å². The molecule has 1 unspecified atom stereocenters. The van der Waals surface area contributed by atoms with Gasteiger partial charge in [0.2, 0.25) is 0 Å².